The third-order valence-corrected chi connectivity index (χ3v) is 4.57. The van der Waals surface area contributed by atoms with Crippen molar-refractivity contribution in [3.05, 3.63) is 29.3 Å². The van der Waals surface area contributed by atoms with E-state index in [4.69, 9.17) is 10.5 Å². The van der Waals surface area contributed by atoms with Gasteiger partial charge in [0, 0.05) is 6.04 Å². The Morgan fingerprint density at radius 3 is 2.55 bits per heavy atom. The fraction of sp³-hybridized carbons (Fsp3) is 0.667. The molecule has 1 aliphatic rings. The van der Waals surface area contributed by atoms with Gasteiger partial charge in [-0.15, -0.1) is 0 Å². The van der Waals surface area contributed by atoms with E-state index in [9.17, 15) is 0 Å². The van der Waals surface area contributed by atoms with Crippen molar-refractivity contribution < 1.29 is 4.74 Å². The second kappa shape index (κ2) is 7.12. The second-order valence-electron chi connectivity index (χ2n) is 6.55. The van der Waals surface area contributed by atoms with Crippen molar-refractivity contribution >= 4 is 0 Å². The highest BCUT2D eigenvalue weighted by molar-refractivity contribution is 5.37. The van der Waals surface area contributed by atoms with Crippen LogP contribution in [0.2, 0.25) is 0 Å². The Labute approximate surface area is 123 Å². The predicted molar refractivity (Wildman–Crippen MR) is 85.3 cm³/mol. The summed E-state index contributed by atoms with van der Waals surface area (Å²) < 4.78 is 6.02. The SMILES string of the molecule is Cc1ccc(C(C)C)cc1OCC(N)C1CCCCC1. The van der Waals surface area contributed by atoms with Crippen molar-refractivity contribution in [3.63, 3.8) is 0 Å². The van der Waals surface area contributed by atoms with Gasteiger partial charge in [0.2, 0.25) is 0 Å². The molecule has 1 aromatic rings. The maximum Gasteiger partial charge on any atom is 0.122 e. The summed E-state index contributed by atoms with van der Waals surface area (Å²) in [5, 5.41) is 0. The molecule has 1 saturated carbocycles. The highest BCUT2D eigenvalue weighted by atomic mass is 16.5. The first-order chi connectivity index (χ1) is 9.58. The standard InChI is InChI=1S/C18H29NO/c1-13(2)16-10-9-14(3)18(11-16)20-12-17(19)15-7-5-4-6-8-15/h9-11,13,15,17H,4-8,12,19H2,1-3H3. The van der Waals surface area contributed by atoms with Crippen LogP contribution in [-0.4, -0.2) is 12.6 Å². The summed E-state index contributed by atoms with van der Waals surface area (Å²) in [4.78, 5) is 0. The van der Waals surface area contributed by atoms with Crippen LogP contribution >= 0.6 is 0 Å². The minimum atomic E-state index is 0.178. The van der Waals surface area contributed by atoms with E-state index in [0.717, 1.165) is 5.75 Å². The average molecular weight is 275 g/mol. The zero-order valence-corrected chi connectivity index (χ0v) is 13.2. The molecule has 0 heterocycles. The number of nitrogens with two attached hydrogens (primary N) is 1. The first-order valence-corrected chi connectivity index (χ1v) is 8.07. The smallest absolute Gasteiger partial charge is 0.122 e. The lowest BCUT2D eigenvalue weighted by Crippen LogP contribution is -2.37. The van der Waals surface area contributed by atoms with Crippen molar-refractivity contribution in [1.29, 1.82) is 0 Å². The highest BCUT2D eigenvalue weighted by Crippen LogP contribution is 2.27. The molecule has 20 heavy (non-hydrogen) atoms. The largest absolute Gasteiger partial charge is 0.492 e. The quantitative estimate of drug-likeness (QED) is 0.864. The molecule has 0 bridgehead atoms. The fourth-order valence-corrected chi connectivity index (χ4v) is 3.02. The van der Waals surface area contributed by atoms with Gasteiger partial charge in [0.15, 0.2) is 0 Å². The van der Waals surface area contributed by atoms with Crippen molar-refractivity contribution in [2.45, 2.75) is 64.8 Å². The molecule has 0 aliphatic heterocycles. The molecule has 0 saturated heterocycles. The van der Waals surface area contributed by atoms with Crippen LogP contribution in [0.3, 0.4) is 0 Å². The van der Waals surface area contributed by atoms with Crippen molar-refractivity contribution in [2.24, 2.45) is 11.7 Å². The molecule has 1 aliphatic carbocycles. The number of hydrogen-bond donors (Lipinski definition) is 1. The van der Waals surface area contributed by atoms with Crippen LogP contribution in [-0.2, 0) is 0 Å². The van der Waals surface area contributed by atoms with E-state index in [0.29, 0.717) is 18.4 Å². The van der Waals surface area contributed by atoms with Crippen molar-refractivity contribution in [1.82, 2.24) is 0 Å². The lowest BCUT2D eigenvalue weighted by atomic mass is 9.84. The molecule has 112 valence electrons. The third-order valence-electron chi connectivity index (χ3n) is 4.57. The van der Waals surface area contributed by atoms with E-state index >= 15 is 0 Å². The molecule has 2 N–H and O–H groups in total. The Morgan fingerprint density at radius 1 is 1.20 bits per heavy atom. The summed E-state index contributed by atoms with van der Waals surface area (Å²) in [6, 6.07) is 6.69. The molecule has 1 fully saturated rings. The summed E-state index contributed by atoms with van der Waals surface area (Å²) in [5.41, 5.74) is 8.85. The van der Waals surface area contributed by atoms with Gasteiger partial charge in [0.1, 0.15) is 12.4 Å². The van der Waals surface area contributed by atoms with E-state index in [1.165, 1.54) is 43.2 Å². The van der Waals surface area contributed by atoms with Crippen molar-refractivity contribution in [2.75, 3.05) is 6.61 Å². The molecular formula is C18H29NO. The van der Waals surface area contributed by atoms with Gasteiger partial charge in [0.25, 0.3) is 0 Å². The Kier molecular flexibility index (Phi) is 5.47. The maximum absolute atomic E-state index is 6.32. The van der Waals surface area contributed by atoms with E-state index in [1.807, 2.05) is 0 Å². The minimum Gasteiger partial charge on any atom is -0.492 e. The maximum atomic E-state index is 6.32. The number of aryl methyl sites for hydroxylation is 1. The molecule has 0 radical (unpaired) electrons. The van der Waals surface area contributed by atoms with E-state index < -0.39 is 0 Å². The van der Waals surface area contributed by atoms with Gasteiger partial charge in [-0.2, -0.15) is 0 Å². The molecule has 1 atom stereocenters. The van der Waals surface area contributed by atoms with Crippen LogP contribution in [0.5, 0.6) is 5.75 Å². The molecule has 0 aromatic heterocycles. The number of rotatable bonds is 5. The zero-order chi connectivity index (χ0) is 14.5. The molecule has 2 rings (SSSR count). The van der Waals surface area contributed by atoms with Crippen LogP contribution in [0.1, 0.15) is 63.0 Å². The topological polar surface area (TPSA) is 35.2 Å². The summed E-state index contributed by atoms with van der Waals surface area (Å²) in [5.74, 6) is 2.18. The summed E-state index contributed by atoms with van der Waals surface area (Å²) in [6.45, 7) is 7.17. The van der Waals surface area contributed by atoms with Gasteiger partial charge in [0.05, 0.1) is 0 Å². The molecule has 0 spiro atoms. The lowest BCUT2D eigenvalue weighted by Gasteiger charge is -2.27. The molecule has 2 nitrogen and oxygen atoms in total. The lowest BCUT2D eigenvalue weighted by molar-refractivity contribution is 0.213. The van der Waals surface area contributed by atoms with Crippen LogP contribution in [0.25, 0.3) is 0 Å². The van der Waals surface area contributed by atoms with E-state index in [-0.39, 0.29) is 6.04 Å². The molecule has 1 unspecified atom stereocenters. The van der Waals surface area contributed by atoms with Gasteiger partial charge in [-0.25, -0.2) is 0 Å². The second-order valence-corrected chi connectivity index (χ2v) is 6.55. The average Bonchev–Trinajstić information content (AvgIpc) is 2.46. The Balaban J connectivity index is 1.94. The van der Waals surface area contributed by atoms with Crippen LogP contribution in [0.4, 0.5) is 0 Å². The van der Waals surface area contributed by atoms with Gasteiger partial charge in [-0.1, -0.05) is 45.2 Å². The van der Waals surface area contributed by atoms with E-state index in [2.05, 4.69) is 39.0 Å². The van der Waals surface area contributed by atoms with Gasteiger partial charge in [-0.3, -0.25) is 0 Å². The molecule has 0 amide bonds. The summed E-state index contributed by atoms with van der Waals surface area (Å²) in [6.07, 6.45) is 6.59. The number of hydrogen-bond acceptors (Lipinski definition) is 2. The summed E-state index contributed by atoms with van der Waals surface area (Å²) >= 11 is 0. The van der Waals surface area contributed by atoms with Crippen LogP contribution in [0.15, 0.2) is 18.2 Å². The Bertz CT molecular complexity index is 421. The fourth-order valence-electron chi connectivity index (χ4n) is 3.02. The first kappa shape index (κ1) is 15.4. The predicted octanol–water partition coefficient (Wildman–Crippen LogP) is 4.40. The Hall–Kier alpha value is -1.02. The number of benzene rings is 1. The normalized spacial score (nSPS) is 18.2. The molecule has 2 heteroatoms. The monoisotopic (exact) mass is 275 g/mol. The molecular weight excluding hydrogens is 246 g/mol. The van der Waals surface area contributed by atoms with Crippen LogP contribution in [0, 0.1) is 12.8 Å². The van der Waals surface area contributed by atoms with E-state index in [1.54, 1.807) is 0 Å². The van der Waals surface area contributed by atoms with Crippen molar-refractivity contribution in [3.8, 4) is 5.75 Å². The van der Waals surface area contributed by atoms with Gasteiger partial charge in [-0.05, 0) is 48.8 Å². The third kappa shape index (κ3) is 3.99. The van der Waals surface area contributed by atoms with Gasteiger partial charge >= 0.3 is 0 Å². The highest BCUT2D eigenvalue weighted by Gasteiger charge is 2.21. The first-order valence-electron chi connectivity index (χ1n) is 8.07. The molecule has 1 aromatic carbocycles. The zero-order valence-electron chi connectivity index (χ0n) is 13.2. The Morgan fingerprint density at radius 2 is 1.90 bits per heavy atom. The summed E-state index contributed by atoms with van der Waals surface area (Å²) in [7, 11) is 0. The number of ether oxygens (including phenoxy) is 1. The van der Waals surface area contributed by atoms with Gasteiger partial charge < -0.3 is 10.5 Å². The van der Waals surface area contributed by atoms with Crippen LogP contribution < -0.4 is 10.5 Å². The minimum absolute atomic E-state index is 0.178.